The second-order valence-corrected chi connectivity index (χ2v) is 8.61. The topological polar surface area (TPSA) is 106 Å². The van der Waals surface area contributed by atoms with Crippen LogP contribution in [0.25, 0.3) is 22.6 Å². The van der Waals surface area contributed by atoms with Crippen molar-refractivity contribution in [2.24, 2.45) is 0 Å². The minimum absolute atomic E-state index is 0.0176. The third-order valence-electron chi connectivity index (χ3n) is 5.97. The first kappa shape index (κ1) is 23.7. The predicted molar refractivity (Wildman–Crippen MR) is 136 cm³/mol. The first-order valence-electron chi connectivity index (χ1n) is 11.4. The van der Waals surface area contributed by atoms with Crippen LogP contribution in [0.2, 0.25) is 5.02 Å². The number of ether oxygens (including phenoxy) is 3. The summed E-state index contributed by atoms with van der Waals surface area (Å²) in [5.41, 5.74) is 2.15. The number of fused-ring (bicyclic) bond motifs is 1. The van der Waals surface area contributed by atoms with E-state index in [2.05, 4.69) is 19.9 Å². The molecular weight excluding hydrogens is 484 g/mol. The first-order chi connectivity index (χ1) is 17.5. The van der Waals surface area contributed by atoms with E-state index in [-0.39, 0.29) is 12.5 Å². The number of imidazole rings is 1. The molecule has 186 valence electrons. The zero-order valence-corrected chi connectivity index (χ0v) is 20.7. The highest BCUT2D eigenvalue weighted by Gasteiger charge is 2.23. The van der Waals surface area contributed by atoms with Crippen molar-refractivity contribution in [3.05, 3.63) is 53.7 Å². The lowest BCUT2D eigenvalue weighted by molar-refractivity contribution is -0.133. The molecule has 0 bridgehead atoms. The number of methoxy groups -OCH3 is 2. The molecule has 1 fully saturated rings. The van der Waals surface area contributed by atoms with Gasteiger partial charge >= 0.3 is 0 Å². The number of anilines is 1. The van der Waals surface area contributed by atoms with Gasteiger partial charge in [-0.25, -0.2) is 9.97 Å². The van der Waals surface area contributed by atoms with E-state index >= 15 is 0 Å². The number of benzene rings is 2. The molecule has 3 heterocycles. The zero-order valence-electron chi connectivity index (χ0n) is 19.9. The van der Waals surface area contributed by atoms with Crippen molar-refractivity contribution in [2.45, 2.75) is 0 Å². The number of aromatic nitrogens is 4. The van der Waals surface area contributed by atoms with Crippen LogP contribution in [0.1, 0.15) is 0 Å². The number of H-pyrrole nitrogens is 1. The van der Waals surface area contributed by atoms with Crippen molar-refractivity contribution >= 4 is 34.6 Å². The summed E-state index contributed by atoms with van der Waals surface area (Å²) in [6, 6.07) is 12.5. The standard InChI is InChI=1S/C25H25ClN6O4/c1-34-20-8-3-16(13-21(20)35-2)23-28-19-14-27-25(30-24(19)29-23)32-11-9-31(10-12-32)22(33)15-36-18-6-4-17(26)5-7-18/h3-8,13-14H,9-12,15H2,1-2H3,(H,27,28,29,30). The van der Waals surface area contributed by atoms with Crippen LogP contribution in [-0.2, 0) is 4.79 Å². The highest BCUT2D eigenvalue weighted by atomic mass is 35.5. The van der Waals surface area contributed by atoms with E-state index in [1.54, 1.807) is 49.6 Å². The molecule has 1 saturated heterocycles. The van der Waals surface area contributed by atoms with E-state index in [1.165, 1.54) is 0 Å². The van der Waals surface area contributed by atoms with Gasteiger partial charge in [0.2, 0.25) is 5.95 Å². The molecule has 0 atom stereocenters. The number of rotatable bonds is 7. The molecule has 5 rings (SSSR count). The summed E-state index contributed by atoms with van der Waals surface area (Å²) in [6.07, 6.45) is 1.73. The quantitative estimate of drug-likeness (QED) is 0.405. The van der Waals surface area contributed by atoms with Crippen LogP contribution in [0.5, 0.6) is 17.2 Å². The average molecular weight is 509 g/mol. The van der Waals surface area contributed by atoms with E-state index in [9.17, 15) is 4.79 Å². The molecular formula is C25H25ClN6O4. The van der Waals surface area contributed by atoms with Crippen LogP contribution in [0, 0.1) is 0 Å². The van der Waals surface area contributed by atoms with Crippen molar-refractivity contribution in [2.75, 3.05) is 51.9 Å². The molecule has 11 heteroatoms. The minimum atomic E-state index is -0.0622. The van der Waals surface area contributed by atoms with Crippen LogP contribution >= 0.6 is 11.6 Å². The highest BCUT2D eigenvalue weighted by Crippen LogP contribution is 2.32. The number of nitrogens with zero attached hydrogens (tertiary/aromatic N) is 5. The summed E-state index contributed by atoms with van der Waals surface area (Å²) in [6.45, 7) is 2.33. The summed E-state index contributed by atoms with van der Waals surface area (Å²) < 4.78 is 16.3. The molecule has 2 aromatic carbocycles. The summed E-state index contributed by atoms with van der Waals surface area (Å²) in [5.74, 6) is 3.06. The number of nitrogens with one attached hydrogen (secondary N) is 1. The number of carbonyl (C=O) groups excluding carboxylic acids is 1. The molecule has 36 heavy (non-hydrogen) atoms. The summed E-state index contributed by atoms with van der Waals surface area (Å²) in [5, 5.41) is 0.622. The van der Waals surface area contributed by atoms with Crippen molar-refractivity contribution in [3.8, 4) is 28.6 Å². The van der Waals surface area contributed by atoms with Gasteiger partial charge in [0.1, 0.15) is 17.1 Å². The van der Waals surface area contributed by atoms with Gasteiger partial charge in [0.05, 0.1) is 20.4 Å². The monoisotopic (exact) mass is 508 g/mol. The molecule has 1 aliphatic heterocycles. The molecule has 0 radical (unpaired) electrons. The number of carbonyl (C=O) groups is 1. The van der Waals surface area contributed by atoms with Gasteiger partial charge in [-0.3, -0.25) is 4.79 Å². The van der Waals surface area contributed by atoms with Crippen molar-refractivity contribution in [1.82, 2.24) is 24.8 Å². The van der Waals surface area contributed by atoms with Gasteiger partial charge in [-0.15, -0.1) is 0 Å². The van der Waals surface area contributed by atoms with Gasteiger partial charge in [0.15, 0.2) is 23.8 Å². The third-order valence-corrected chi connectivity index (χ3v) is 6.23. The number of hydrogen-bond acceptors (Lipinski definition) is 8. The number of aromatic amines is 1. The molecule has 0 aliphatic carbocycles. The van der Waals surface area contributed by atoms with E-state index in [1.807, 2.05) is 23.1 Å². The molecule has 1 aliphatic rings. The fourth-order valence-corrected chi connectivity index (χ4v) is 4.12. The van der Waals surface area contributed by atoms with Gasteiger partial charge in [0, 0.05) is 36.8 Å². The van der Waals surface area contributed by atoms with Gasteiger partial charge < -0.3 is 29.0 Å². The lowest BCUT2D eigenvalue weighted by Crippen LogP contribution is -2.50. The third kappa shape index (κ3) is 4.99. The summed E-state index contributed by atoms with van der Waals surface area (Å²) in [7, 11) is 3.19. The Morgan fingerprint density at radius 2 is 1.75 bits per heavy atom. The number of piperazine rings is 1. The Kier molecular flexibility index (Phi) is 6.77. The largest absolute Gasteiger partial charge is 0.493 e. The SMILES string of the molecule is COc1ccc(-c2nc3nc(N4CCN(C(=O)COc5ccc(Cl)cc5)CC4)ncc3[nH]2)cc1OC. The lowest BCUT2D eigenvalue weighted by Gasteiger charge is -2.34. The highest BCUT2D eigenvalue weighted by molar-refractivity contribution is 6.30. The Morgan fingerprint density at radius 1 is 1.00 bits per heavy atom. The maximum Gasteiger partial charge on any atom is 0.260 e. The van der Waals surface area contributed by atoms with Crippen LogP contribution in [0.3, 0.4) is 0 Å². The fraction of sp³-hybridized carbons (Fsp3) is 0.280. The molecule has 1 amide bonds. The van der Waals surface area contributed by atoms with E-state index in [0.29, 0.717) is 65.9 Å². The van der Waals surface area contributed by atoms with E-state index in [4.69, 9.17) is 25.8 Å². The molecule has 0 saturated carbocycles. The number of amides is 1. The molecule has 0 spiro atoms. The second-order valence-electron chi connectivity index (χ2n) is 8.17. The van der Waals surface area contributed by atoms with Crippen LogP contribution < -0.4 is 19.1 Å². The van der Waals surface area contributed by atoms with E-state index < -0.39 is 0 Å². The van der Waals surface area contributed by atoms with Crippen LogP contribution in [-0.4, -0.2) is 77.7 Å². The smallest absolute Gasteiger partial charge is 0.260 e. The lowest BCUT2D eigenvalue weighted by atomic mass is 10.2. The number of halogens is 1. The first-order valence-corrected chi connectivity index (χ1v) is 11.8. The second kappa shape index (κ2) is 10.3. The summed E-state index contributed by atoms with van der Waals surface area (Å²) >= 11 is 5.88. The molecule has 4 aromatic rings. The molecule has 0 unspecified atom stereocenters. The average Bonchev–Trinajstić information content (AvgIpc) is 3.36. The molecule has 10 nitrogen and oxygen atoms in total. The maximum atomic E-state index is 12.6. The van der Waals surface area contributed by atoms with Crippen molar-refractivity contribution in [1.29, 1.82) is 0 Å². The number of hydrogen-bond donors (Lipinski definition) is 1. The Labute approximate surface area is 212 Å². The van der Waals surface area contributed by atoms with Gasteiger partial charge in [-0.05, 0) is 42.5 Å². The van der Waals surface area contributed by atoms with Crippen molar-refractivity contribution < 1.29 is 19.0 Å². The predicted octanol–water partition coefficient (Wildman–Crippen LogP) is 3.42. The maximum absolute atomic E-state index is 12.6. The normalized spacial score (nSPS) is 13.6. The Bertz CT molecular complexity index is 1370. The zero-order chi connectivity index (χ0) is 25.1. The minimum Gasteiger partial charge on any atom is -0.493 e. The summed E-state index contributed by atoms with van der Waals surface area (Å²) in [4.78, 5) is 33.5. The molecule has 1 N–H and O–H groups in total. The van der Waals surface area contributed by atoms with Gasteiger partial charge in [-0.2, -0.15) is 4.98 Å². The van der Waals surface area contributed by atoms with Gasteiger partial charge in [0.25, 0.3) is 5.91 Å². The van der Waals surface area contributed by atoms with Gasteiger partial charge in [-0.1, -0.05) is 11.6 Å². The molecule has 2 aromatic heterocycles. The Hall–Kier alpha value is -4.05. The Morgan fingerprint density at radius 3 is 2.47 bits per heavy atom. The van der Waals surface area contributed by atoms with E-state index in [0.717, 1.165) is 11.1 Å². The Balaban J connectivity index is 1.22. The van der Waals surface area contributed by atoms with Crippen LogP contribution in [0.15, 0.2) is 48.7 Å². The fourth-order valence-electron chi connectivity index (χ4n) is 3.99. The van der Waals surface area contributed by atoms with Crippen molar-refractivity contribution in [3.63, 3.8) is 0 Å². The van der Waals surface area contributed by atoms with Crippen LogP contribution in [0.4, 0.5) is 5.95 Å².